The fourth-order valence-corrected chi connectivity index (χ4v) is 4.44. The Hall–Kier alpha value is -0.960. The average Bonchev–Trinajstić information content (AvgIpc) is 3.01. The van der Waals surface area contributed by atoms with E-state index >= 15 is 0 Å². The van der Waals surface area contributed by atoms with Crippen molar-refractivity contribution in [1.82, 2.24) is 4.90 Å². The van der Waals surface area contributed by atoms with Crippen molar-refractivity contribution < 1.29 is 4.79 Å². The van der Waals surface area contributed by atoms with Crippen molar-refractivity contribution in [1.29, 1.82) is 0 Å². The Morgan fingerprint density at radius 3 is 2.63 bits per heavy atom. The van der Waals surface area contributed by atoms with Crippen LogP contribution in [0.15, 0.2) is 24.3 Å². The van der Waals surface area contributed by atoms with Crippen molar-refractivity contribution in [3.05, 3.63) is 35.4 Å². The smallest absolute Gasteiger partial charge is 0.227 e. The molecule has 1 amide bonds. The summed E-state index contributed by atoms with van der Waals surface area (Å²) >= 11 is 2.03. The summed E-state index contributed by atoms with van der Waals surface area (Å²) in [5.41, 5.74) is 2.48. The monoisotopic (exact) mass is 275 g/mol. The molecular weight excluding hydrogens is 254 g/mol. The summed E-state index contributed by atoms with van der Waals surface area (Å²) < 4.78 is 0. The lowest BCUT2D eigenvalue weighted by Gasteiger charge is -2.26. The van der Waals surface area contributed by atoms with E-state index in [0.717, 1.165) is 17.9 Å². The number of benzene rings is 1. The fourth-order valence-electron chi connectivity index (χ4n) is 3.00. The highest BCUT2D eigenvalue weighted by molar-refractivity contribution is 8.00. The summed E-state index contributed by atoms with van der Waals surface area (Å²) in [4.78, 5) is 14.4. The van der Waals surface area contributed by atoms with E-state index in [1.54, 1.807) is 0 Å². The van der Waals surface area contributed by atoms with Crippen LogP contribution in [-0.2, 0) is 11.2 Å². The Morgan fingerprint density at radius 2 is 2.11 bits per heavy atom. The maximum atomic E-state index is 12.3. The van der Waals surface area contributed by atoms with Gasteiger partial charge in [0.25, 0.3) is 0 Å². The largest absolute Gasteiger partial charge is 0.337 e. The number of rotatable bonds is 3. The summed E-state index contributed by atoms with van der Waals surface area (Å²) in [6.07, 6.45) is 1.77. The van der Waals surface area contributed by atoms with Gasteiger partial charge in [-0.05, 0) is 23.5 Å². The van der Waals surface area contributed by atoms with Crippen molar-refractivity contribution in [3.8, 4) is 0 Å². The van der Waals surface area contributed by atoms with Crippen LogP contribution in [-0.4, -0.2) is 34.4 Å². The fraction of sp³-hybridized carbons (Fsp3) is 0.562. The SMILES string of the molecule is CC(C)c1ccc(CC(=O)N2CC3CC2CS3)cc1. The number of nitrogens with zero attached hydrogens (tertiary/aromatic N) is 1. The van der Waals surface area contributed by atoms with E-state index in [2.05, 4.69) is 43.0 Å². The van der Waals surface area contributed by atoms with E-state index in [0.29, 0.717) is 29.5 Å². The molecule has 2 unspecified atom stereocenters. The lowest BCUT2D eigenvalue weighted by molar-refractivity contribution is -0.130. The molecule has 2 saturated heterocycles. The van der Waals surface area contributed by atoms with Crippen LogP contribution in [0.5, 0.6) is 0 Å². The molecule has 0 aromatic heterocycles. The predicted octanol–water partition coefficient (Wildman–Crippen LogP) is 3.07. The minimum absolute atomic E-state index is 0.310. The quantitative estimate of drug-likeness (QED) is 0.845. The maximum Gasteiger partial charge on any atom is 0.227 e. The van der Waals surface area contributed by atoms with E-state index in [1.807, 2.05) is 11.8 Å². The molecule has 0 spiro atoms. The number of hydrogen-bond acceptors (Lipinski definition) is 2. The second-order valence-electron chi connectivity index (χ2n) is 5.96. The first-order valence-corrected chi connectivity index (χ1v) is 8.18. The first-order chi connectivity index (χ1) is 9.13. The van der Waals surface area contributed by atoms with Gasteiger partial charge in [-0.25, -0.2) is 0 Å². The number of fused-ring (bicyclic) bond motifs is 2. The lowest BCUT2D eigenvalue weighted by atomic mass is 10.0. The van der Waals surface area contributed by atoms with Crippen LogP contribution < -0.4 is 0 Å². The molecule has 3 heteroatoms. The first kappa shape index (κ1) is 13.0. The van der Waals surface area contributed by atoms with Crippen LogP contribution in [0, 0.1) is 0 Å². The Bertz CT molecular complexity index is 468. The molecule has 2 nitrogen and oxygen atoms in total. The van der Waals surface area contributed by atoms with Gasteiger partial charge >= 0.3 is 0 Å². The van der Waals surface area contributed by atoms with Crippen molar-refractivity contribution in [2.75, 3.05) is 12.3 Å². The molecule has 0 saturated carbocycles. The normalized spacial score (nSPS) is 25.3. The molecule has 2 bridgehead atoms. The van der Waals surface area contributed by atoms with Gasteiger partial charge in [0.15, 0.2) is 0 Å². The van der Waals surface area contributed by atoms with Crippen LogP contribution in [0.3, 0.4) is 0 Å². The van der Waals surface area contributed by atoms with Crippen LogP contribution >= 0.6 is 11.8 Å². The first-order valence-electron chi connectivity index (χ1n) is 7.13. The highest BCUT2D eigenvalue weighted by Gasteiger charge is 2.40. The second kappa shape index (κ2) is 5.20. The Balaban J connectivity index is 1.63. The zero-order valence-electron chi connectivity index (χ0n) is 11.6. The number of likely N-dealkylation sites (tertiary alicyclic amines) is 1. The highest BCUT2D eigenvalue weighted by atomic mass is 32.2. The summed E-state index contributed by atoms with van der Waals surface area (Å²) in [5.74, 6) is 2.00. The summed E-state index contributed by atoms with van der Waals surface area (Å²) in [5, 5.41) is 0.706. The zero-order valence-corrected chi connectivity index (χ0v) is 12.5. The number of carbonyl (C=O) groups excluding carboxylic acids is 1. The summed E-state index contributed by atoms with van der Waals surface area (Å²) in [6, 6.07) is 9.03. The van der Waals surface area contributed by atoms with E-state index in [1.165, 1.54) is 12.0 Å². The molecule has 2 fully saturated rings. The van der Waals surface area contributed by atoms with Gasteiger partial charge < -0.3 is 4.90 Å². The molecular formula is C16H21NOS. The van der Waals surface area contributed by atoms with Gasteiger partial charge in [0, 0.05) is 23.6 Å². The van der Waals surface area contributed by atoms with Gasteiger partial charge in [-0.15, -0.1) is 0 Å². The van der Waals surface area contributed by atoms with Gasteiger partial charge in [-0.1, -0.05) is 38.1 Å². The minimum Gasteiger partial charge on any atom is -0.337 e. The summed E-state index contributed by atoms with van der Waals surface area (Å²) in [7, 11) is 0. The number of hydrogen-bond donors (Lipinski definition) is 0. The topological polar surface area (TPSA) is 20.3 Å². The molecule has 1 aromatic carbocycles. The molecule has 1 aromatic rings. The van der Waals surface area contributed by atoms with Gasteiger partial charge in [0.2, 0.25) is 5.91 Å². The second-order valence-corrected chi connectivity index (χ2v) is 7.30. The standard InChI is InChI=1S/C16H21NOS/c1-11(2)13-5-3-12(4-6-13)7-16(18)17-9-15-8-14(17)10-19-15/h3-6,11,14-15H,7-10H2,1-2H3. The predicted molar refractivity (Wildman–Crippen MR) is 80.6 cm³/mol. The van der Waals surface area contributed by atoms with Crippen molar-refractivity contribution in [3.63, 3.8) is 0 Å². The zero-order chi connectivity index (χ0) is 13.4. The number of thioether (sulfide) groups is 1. The Kier molecular flexibility index (Phi) is 3.57. The Labute approximate surface area is 119 Å². The van der Waals surface area contributed by atoms with Gasteiger partial charge in [0.1, 0.15) is 0 Å². The third-order valence-electron chi connectivity index (χ3n) is 4.22. The van der Waals surface area contributed by atoms with E-state index < -0.39 is 0 Å². The molecule has 2 aliphatic rings. The van der Waals surface area contributed by atoms with Crippen LogP contribution in [0.1, 0.15) is 37.3 Å². The van der Waals surface area contributed by atoms with E-state index in [9.17, 15) is 4.79 Å². The van der Waals surface area contributed by atoms with Crippen LogP contribution in [0.25, 0.3) is 0 Å². The van der Waals surface area contributed by atoms with Crippen molar-refractivity contribution in [2.24, 2.45) is 0 Å². The maximum absolute atomic E-state index is 12.3. The third-order valence-corrected chi connectivity index (χ3v) is 5.61. The highest BCUT2D eigenvalue weighted by Crippen LogP contribution is 2.37. The molecule has 3 rings (SSSR count). The van der Waals surface area contributed by atoms with Gasteiger partial charge in [-0.2, -0.15) is 11.8 Å². The van der Waals surface area contributed by atoms with Gasteiger partial charge in [0.05, 0.1) is 6.42 Å². The van der Waals surface area contributed by atoms with E-state index in [4.69, 9.17) is 0 Å². The third kappa shape index (κ3) is 2.66. The molecule has 102 valence electrons. The molecule has 0 aliphatic carbocycles. The Morgan fingerprint density at radius 1 is 1.37 bits per heavy atom. The van der Waals surface area contributed by atoms with Gasteiger partial charge in [-0.3, -0.25) is 4.79 Å². The molecule has 2 aliphatic heterocycles. The summed E-state index contributed by atoms with van der Waals surface area (Å²) in [6.45, 7) is 5.36. The molecule has 0 N–H and O–H groups in total. The van der Waals surface area contributed by atoms with Crippen LogP contribution in [0.4, 0.5) is 0 Å². The average molecular weight is 275 g/mol. The van der Waals surface area contributed by atoms with Crippen molar-refractivity contribution >= 4 is 17.7 Å². The molecule has 2 atom stereocenters. The minimum atomic E-state index is 0.310. The molecule has 0 radical (unpaired) electrons. The molecule has 19 heavy (non-hydrogen) atoms. The number of amides is 1. The van der Waals surface area contributed by atoms with Crippen molar-refractivity contribution in [2.45, 2.75) is 43.9 Å². The lowest BCUT2D eigenvalue weighted by Crippen LogP contribution is -2.40. The number of carbonyl (C=O) groups is 1. The molecule has 2 heterocycles. The van der Waals surface area contributed by atoms with E-state index in [-0.39, 0.29) is 0 Å². The van der Waals surface area contributed by atoms with Crippen LogP contribution in [0.2, 0.25) is 0 Å².